The van der Waals surface area contributed by atoms with Crippen LogP contribution in [0.5, 0.6) is 0 Å². The minimum Gasteiger partial charge on any atom is -0.481 e. The summed E-state index contributed by atoms with van der Waals surface area (Å²) in [6, 6.07) is 10.3. The molecule has 0 heterocycles. The highest BCUT2D eigenvalue weighted by atomic mass is 16.4. The van der Waals surface area contributed by atoms with Gasteiger partial charge in [0.15, 0.2) is 0 Å². The van der Waals surface area contributed by atoms with Gasteiger partial charge in [-0.3, -0.25) is 9.69 Å². The third-order valence-electron chi connectivity index (χ3n) is 3.56. The summed E-state index contributed by atoms with van der Waals surface area (Å²) >= 11 is 0. The lowest BCUT2D eigenvalue weighted by Gasteiger charge is -2.33. The molecule has 1 rings (SSSR count). The molecule has 1 atom stereocenters. The molecule has 1 aromatic carbocycles. The van der Waals surface area contributed by atoms with Crippen molar-refractivity contribution in [2.24, 2.45) is 0 Å². The molecule has 0 bridgehead atoms. The summed E-state index contributed by atoms with van der Waals surface area (Å²) in [6.45, 7) is 4.29. The number of carboxylic acids is 1. The van der Waals surface area contributed by atoms with Gasteiger partial charge in [-0.1, -0.05) is 44.2 Å². The zero-order valence-electron chi connectivity index (χ0n) is 11.5. The maximum atomic E-state index is 11.1. The van der Waals surface area contributed by atoms with Crippen molar-refractivity contribution in [1.82, 2.24) is 4.90 Å². The molecule has 0 amide bonds. The second-order valence-corrected chi connectivity index (χ2v) is 4.66. The number of aliphatic carboxylic acids is 1. The molecule has 0 aliphatic carbocycles. The predicted octanol–water partition coefficient (Wildman–Crippen LogP) is 3.32. The first-order valence-electron chi connectivity index (χ1n) is 6.58. The average Bonchev–Trinajstić information content (AvgIpc) is 2.38. The van der Waals surface area contributed by atoms with E-state index in [0.717, 1.165) is 18.4 Å². The van der Waals surface area contributed by atoms with Gasteiger partial charge in [-0.25, -0.2) is 0 Å². The SMILES string of the molecule is CCC(CC)N(C)C(CC(=O)O)c1ccccc1. The molecule has 0 aliphatic rings. The van der Waals surface area contributed by atoms with E-state index in [1.807, 2.05) is 37.4 Å². The van der Waals surface area contributed by atoms with Crippen LogP contribution >= 0.6 is 0 Å². The standard InChI is InChI=1S/C15H23NO2/c1-4-13(5-2)16(3)14(11-15(17)18)12-9-7-6-8-10-12/h6-10,13-14H,4-5,11H2,1-3H3,(H,17,18). The number of benzene rings is 1. The van der Waals surface area contributed by atoms with Crippen molar-refractivity contribution >= 4 is 5.97 Å². The van der Waals surface area contributed by atoms with Crippen LogP contribution in [0, 0.1) is 0 Å². The number of nitrogens with zero attached hydrogens (tertiary/aromatic N) is 1. The third kappa shape index (κ3) is 3.84. The van der Waals surface area contributed by atoms with Gasteiger partial charge in [0, 0.05) is 12.1 Å². The van der Waals surface area contributed by atoms with Crippen LogP contribution in [-0.2, 0) is 4.79 Å². The smallest absolute Gasteiger partial charge is 0.305 e. The Morgan fingerprint density at radius 3 is 2.22 bits per heavy atom. The number of hydrogen-bond donors (Lipinski definition) is 1. The van der Waals surface area contributed by atoms with Gasteiger partial charge in [0.25, 0.3) is 0 Å². The lowest BCUT2D eigenvalue weighted by molar-refractivity contribution is -0.138. The fourth-order valence-corrected chi connectivity index (χ4v) is 2.46. The molecule has 0 spiro atoms. The van der Waals surface area contributed by atoms with Crippen molar-refractivity contribution in [1.29, 1.82) is 0 Å². The maximum Gasteiger partial charge on any atom is 0.305 e. The highest BCUT2D eigenvalue weighted by molar-refractivity contribution is 5.67. The van der Waals surface area contributed by atoms with Crippen molar-refractivity contribution in [2.75, 3.05) is 7.05 Å². The maximum absolute atomic E-state index is 11.1. The zero-order chi connectivity index (χ0) is 13.5. The fourth-order valence-electron chi connectivity index (χ4n) is 2.46. The van der Waals surface area contributed by atoms with E-state index in [0.29, 0.717) is 6.04 Å². The molecular formula is C15H23NO2. The van der Waals surface area contributed by atoms with E-state index in [2.05, 4.69) is 18.7 Å². The molecule has 0 saturated heterocycles. The first-order valence-corrected chi connectivity index (χ1v) is 6.58. The lowest BCUT2D eigenvalue weighted by Crippen LogP contribution is -2.35. The van der Waals surface area contributed by atoms with Crippen LogP contribution in [0.25, 0.3) is 0 Å². The average molecular weight is 249 g/mol. The Labute approximate surface area is 109 Å². The normalized spacial score (nSPS) is 12.9. The molecule has 0 aromatic heterocycles. The molecular weight excluding hydrogens is 226 g/mol. The largest absolute Gasteiger partial charge is 0.481 e. The minimum absolute atomic E-state index is 0.0476. The van der Waals surface area contributed by atoms with Crippen LogP contribution in [0.2, 0.25) is 0 Å². The van der Waals surface area contributed by atoms with Crippen LogP contribution in [-0.4, -0.2) is 29.1 Å². The molecule has 100 valence electrons. The molecule has 0 fully saturated rings. The summed E-state index contributed by atoms with van der Waals surface area (Å²) in [5.41, 5.74) is 1.08. The van der Waals surface area contributed by atoms with Gasteiger partial charge in [-0.2, -0.15) is 0 Å². The van der Waals surface area contributed by atoms with E-state index < -0.39 is 5.97 Å². The van der Waals surface area contributed by atoms with E-state index in [4.69, 9.17) is 5.11 Å². The summed E-state index contributed by atoms with van der Waals surface area (Å²) in [5, 5.41) is 9.09. The molecule has 1 N–H and O–H groups in total. The Hall–Kier alpha value is -1.35. The molecule has 0 saturated carbocycles. The second kappa shape index (κ2) is 7.17. The molecule has 18 heavy (non-hydrogen) atoms. The fraction of sp³-hybridized carbons (Fsp3) is 0.533. The Kier molecular flexibility index (Phi) is 5.86. The molecule has 3 heteroatoms. The first-order chi connectivity index (χ1) is 8.60. The Bertz CT molecular complexity index is 360. The van der Waals surface area contributed by atoms with E-state index in [1.165, 1.54) is 0 Å². The van der Waals surface area contributed by atoms with E-state index in [1.54, 1.807) is 0 Å². The molecule has 1 unspecified atom stereocenters. The summed E-state index contributed by atoms with van der Waals surface area (Å²) < 4.78 is 0. The van der Waals surface area contributed by atoms with Gasteiger partial charge in [0.05, 0.1) is 6.42 Å². The number of hydrogen-bond acceptors (Lipinski definition) is 2. The van der Waals surface area contributed by atoms with Crippen LogP contribution in [0.1, 0.15) is 44.7 Å². The minimum atomic E-state index is -0.748. The Balaban J connectivity index is 2.94. The van der Waals surface area contributed by atoms with E-state index in [-0.39, 0.29) is 12.5 Å². The van der Waals surface area contributed by atoms with Gasteiger partial charge >= 0.3 is 5.97 Å². The zero-order valence-corrected chi connectivity index (χ0v) is 11.5. The van der Waals surface area contributed by atoms with Gasteiger partial charge in [0.1, 0.15) is 0 Å². The van der Waals surface area contributed by atoms with Crippen molar-refractivity contribution in [3.63, 3.8) is 0 Å². The number of carbonyl (C=O) groups is 1. The number of rotatable bonds is 7. The van der Waals surface area contributed by atoms with Crippen molar-refractivity contribution < 1.29 is 9.90 Å². The molecule has 1 aromatic rings. The Morgan fingerprint density at radius 2 is 1.78 bits per heavy atom. The van der Waals surface area contributed by atoms with Crippen molar-refractivity contribution in [3.05, 3.63) is 35.9 Å². The summed E-state index contributed by atoms with van der Waals surface area (Å²) in [4.78, 5) is 13.3. The van der Waals surface area contributed by atoms with Gasteiger partial charge in [-0.15, -0.1) is 0 Å². The van der Waals surface area contributed by atoms with Crippen LogP contribution in [0.3, 0.4) is 0 Å². The Morgan fingerprint density at radius 1 is 1.22 bits per heavy atom. The van der Waals surface area contributed by atoms with Crippen molar-refractivity contribution in [3.8, 4) is 0 Å². The monoisotopic (exact) mass is 249 g/mol. The summed E-state index contributed by atoms with van der Waals surface area (Å²) in [6.07, 6.45) is 2.23. The topological polar surface area (TPSA) is 40.5 Å². The highest BCUT2D eigenvalue weighted by Crippen LogP contribution is 2.26. The van der Waals surface area contributed by atoms with Crippen LogP contribution < -0.4 is 0 Å². The third-order valence-corrected chi connectivity index (χ3v) is 3.56. The van der Waals surface area contributed by atoms with Crippen LogP contribution in [0.4, 0.5) is 0 Å². The lowest BCUT2D eigenvalue weighted by atomic mass is 9.99. The summed E-state index contributed by atoms with van der Waals surface area (Å²) in [5.74, 6) is -0.748. The van der Waals surface area contributed by atoms with Gasteiger partial charge in [0.2, 0.25) is 0 Å². The quantitative estimate of drug-likeness (QED) is 0.806. The molecule has 0 radical (unpaired) electrons. The predicted molar refractivity (Wildman–Crippen MR) is 73.6 cm³/mol. The second-order valence-electron chi connectivity index (χ2n) is 4.66. The molecule has 3 nitrogen and oxygen atoms in total. The summed E-state index contributed by atoms with van der Waals surface area (Å²) in [7, 11) is 2.03. The van der Waals surface area contributed by atoms with Gasteiger partial charge in [-0.05, 0) is 25.5 Å². The van der Waals surface area contributed by atoms with E-state index in [9.17, 15) is 4.79 Å². The van der Waals surface area contributed by atoms with E-state index >= 15 is 0 Å². The van der Waals surface area contributed by atoms with Crippen LogP contribution in [0.15, 0.2) is 30.3 Å². The highest BCUT2D eigenvalue weighted by Gasteiger charge is 2.24. The van der Waals surface area contributed by atoms with Gasteiger partial charge < -0.3 is 5.11 Å². The first kappa shape index (κ1) is 14.7. The molecule has 0 aliphatic heterocycles. The number of carboxylic acid groups (broad SMARTS) is 1. The van der Waals surface area contributed by atoms with Crippen molar-refractivity contribution in [2.45, 2.75) is 45.2 Å².